The SMILES string of the molecule is CCN1CCCC1c1ccc(OC(C)C)nc1. The predicted molar refractivity (Wildman–Crippen MR) is 69.2 cm³/mol. The van der Waals surface area contributed by atoms with Crippen LogP contribution >= 0.6 is 0 Å². The molecule has 3 nitrogen and oxygen atoms in total. The third kappa shape index (κ3) is 2.97. The lowest BCUT2D eigenvalue weighted by molar-refractivity contribution is 0.231. The van der Waals surface area contributed by atoms with Crippen LogP contribution in [0, 0.1) is 0 Å². The minimum Gasteiger partial charge on any atom is -0.475 e. The van der Waals surface area contributed by atoms with Gasteiger partial charge in [-0.2, -0.15) is 0 Å². The molecular formula is C14H22N2O. The van der Waals surface area contributed by atoms with Crippen LogP contribution in [0.25, 0.3) is 0 Å². The molecule has 0 bridgehead atoms. The molecule has 1 unspecified atom stereocenters. The molecule has 17 heavy (non-hydrogen) atoms. The highest BCUT2D eigenvalue weighted by atomic mass is 16.5. The normalized spacial score (nSPS) is 21.1. The first kappa shape index (κ1) is 12.4. The fraction of sp³-hybridized carbons (Fsp3) is 0.643. The highest BCUT2D eigenvalue weighted by molar-refractivity contribution is 5.21. The third-order valence-electron chi connectivity index (χ3n) is 3.27. The molecule has 0 aromatic carbocycles. The van der Waals surface area contributed by atoms with Gasteiger partial charge in [-0.15, -0.1) is 0 Å². The zero-order valence-corrected chi connectivity index (χ0v) is 11.0. The molecule has 0 aliphatic carbocycles. The lowest BCUT2D eigenvalue weighted by Gasteiger charge is -2.22. The maximum atomic E-state index is 5.56. The van der Waals surface area contributed by atoms with Crippen LogP contribution in [0.1, 0.15) is 45.2 Å². The number of aromatic nitrogens is 1. The molecule has 0 N–H and O–H groups in total. The summed E-state index contributed by atoms with van der Waals surface area (Å²) in [5.41, 5.74) is 1.32. The minimum absolute atomic E-state index is 0.187. The zero-order chi connectivity index (χ0) is 12.3. The lowest BCUT2D eigenvalue weighted by Crippen LogP contribution is -2.22. The van der Waals surface area contributed by atoms with E-state index < -0.39 is 0 Å². The van der Waals surface area contributed by atoms with Gasteiger partial charge in [0, 0.05) is 18.3 Å². The van der Waals surface area contributed by atoms with E-state index >= 15 is 0 Å². The fourth-order valence-electron chi connectivity index (χ4n) is 2.48. The highest BCUT2D eigenvalue weighted by Gasteiger charge is 2.24. The third-order valence-corrected chi connectivity index (χ3v) is 3.27. The first-order chi connectivity index (χ1) is 8.20. The molecule has 1 saturated heterocycles. The second-order valence-corrected chi connectivity index (χ2v) is 4.88. The monoisotopic (exact) mass is 234 g/mol. The smallest absolute Gasteiger partial charge is 0.213 e. The fourth-order valence-corrected chi connectivity index (χ4v) is 2.48. The van der Waals surface area contributed by atoms with Crippen LogP contribution in [0.3, 0.4) is 0 Å². The van der Waals surface area contributed by atoms with Gasteiger partial charge in [-0.05, 0) is 45.3 Å². The molecule has 2 rings (SSSR count). The highest BCUT2D eigenvalue weighted by Crippen LogP contribution is 2.31. The Kier molecular flexibility index (Phi) is 4.00. The first-order valence-electron chi connectivity index (χ1n) is 6.57. The Morgan fingerprint density at radius 1 is 1.47 bits per heavy atom. The van der Waals surface area contributed by atoms with Crippen LogP contribution in [0.4, 0.5) is 0 Å². The predicted octanol–water partition coefficient (Wildman–Crippen LogP) is 3.03. The van der Waals surface area contributed by atoms with Crippen LogP contribution in [-0.4, -0.2) is 29.1 Å². The van der Waals surface area contributed by atoms with Crippen molar-refractivity contribution >= 4 is 0 Å². The molecule has 3 heteroatoms. The van der Waals surface area contributed by atoms with Crippen molar-refractivity contribution in [3.05, 3.63) is 23.9 Å². The van der Waals surface area contributed by atoms with Gasteiger partial charge in [-0.1, -0.05) is 13.0 Å². The summed E-state index contributed by atoms with van der Waals surface area (Å²) in [6.45, 7) is 8.60. The molecule has 0 radical (unpaired) electrons. The Bertz CT molecular complexity index is 348. The standard InChI is InChI=1S/C14H22N2O/c1-4-16-9-5-6-13(16)12-7-8-14(15-10-12)17-11(2)3/h7-8,10-11,13H,4-6,9H2,1-3H3. The molecule has 1 aliphatic heterocycles. The lowest BCUT2D eigenvalue weighted by atomic mass is 10.1. The topological polar surface area (TPSA) is 25.4 Å². The summed E-state index contributed by atoms with van der Waals surface area (Å²) in [5.74, 6) is 0.727. The van der Waals surface area contributed by atoms with Gasteiger partial charge in [0.15, 0.2) is 0 Å². The van der Waals surface area contributed by atoms with E-state index in [9.17, 15) is 0 Å². The number of hydrogen-bond acceptors (Lipinski definition) is 3. The van der Waals surface area contributed by atoms with E-state index in [-0.39, 0.29) is 6.10 Å². The van der Waals surface area contributed by atoms with Crippen molar-refractivity contribution in [1.82, 2.24) is 9.88 Å². The van der Waals surface area contributed by atoms with Crippen molar-refractivity contribution in [3.8, 4) is 5.88 Å². The van der Waals surface area contributed by atoms with Crippen LogP contribution in [0.2, 0.25) is 0 Å². The Hall–Kier alpha value is -1.09. The van der Waals surface area contributed by atoms with Crippen LogP contribution < -0.4 is 4.74 Å². The van der Waals surface area contributed by atoms with Gasteiger partial charge in [0.05, 0.1) is 6.10 Å². The summed E-state index contributed by atoms with van der Waals surface area (Å²) in [5, 5.41) is 0. The van der Waals surface area contributed by atoms with Crippen molar-refractivity contribution in [3.63, 3.8) is 0 Å². The molecular weight excluding hydrogens is 212 g/mol. The van der Waals surface area contributed by atoms with Crippen LogP contribution in [0.5, 0.6) is 5.88 Å². The average Bonchev–Trinajstić information content (AvgIpc) is 2.77. The number of pyridine rings is 1. The van der Waals surface area contributed by atoms with E-state index in [0.29, 0.717) is 6.04 Å². The maximum absolute atomic E-state index is 5.56. The van der Waals surface area contributed by atoms with Gasteiger partial charge in [-0.25, -0.2) is 4.98 Å². The summed E-state index contributed by atoms with van der Waals surface area (Å²) < 4.78 is 5.56. The number of ether oxygens (including phenoxy) is 1. The van der Waals surface area contributed by atoms with Gasteiger partial charge >= 0.3 is 0 Å². The van der Waals surface area contributed by atoms with Crippen molar-refractivity contribution < 1.29 is 4.74 Å². The van der Waals surface area contributed by atoms with E-state index in [1.807, 2.05) is 26.1 Å². The number of rotatable bonds is 4. The summed E-state index contributed by atoms with van der Waals surface area (Å²) in [6.07, 6.45) is 4.70. The van der Waals surface area contributed by atoms with Crippen molar-refractivity contribution in [2.45, 2.75) is 45.8 Å². The Labute approximate surface area is 104 Å². The summed E-state index contributed by atoms with van der Waals surface area (Å²) in [4.78, 5) is 6.90. The van der Waals surface area contributed by atoms with E-state index in [1.165, 1.54) is 24.9 Å². The molecule has 0 saturated carbocycles. The van der Waals surface area contributed by atoms with Gasteiger partial charge < -0.3 is 4.74 Å². The van der Waals surface area contributed by atoms with Gasteiger partial charge in [0.2, 0.25) is 5.88 Å². The molecule has 1 aromatic rings. The zero-order valence-electron chi connectivity index (χ0n) is 11.0. The molecule has 0 spiro atoms. The van der Waals surface area contributed by atoms with Crippen LogP contribution in [0.15, 0.2) is 18.3 Å². The molecule has 1 atom stereocenters. The van der Waals surface area contributed by atoms with E-state index in [2.05, 4.69) is 22.9 Å². The van der Waals surface area contributed by atoms with Gasteiger partial charge in [0.1, 0.15) is 0 Å². The first-order valence-corrected chi connectivity index (χ1v) is 6.57. The Morgan fingerprint density at radius 3 is 2.88 bits per heavy atom. The molecule has 1 fully saturated rings. The van der Waals surface area contributed by atoms with Crippen LogP contribution in [-0.2, 0) is 0 Å². The summed E-state index contributed by atoms with van der Waals surface area (Å²) >= 11 is 0. The van der Waals surface area contributed by atoms with E-state index in [1.54, 1.807) is 0 Å². The maximum Gasteiger partial charge on any atom is 0.213 e. The summed E-state index contributed by atoms with van der Waals surface area (Å²) in [6, 6.07) is 4.70. The minimum atomic E-state index is 0.187. The Balaban J connectivity index is 2.07. The molecule has 1 aliphatic rings. The summed E-state index contributed by atoms with van der Waals surface area (Å²) in [7, 11) is 0. The van der Waals surface area contributed by atoms with E-state index in [0.717, 1.165) is 12.4 Å². The van der Waals surface area contributed by atoms with Gasteiger partial charge in [0.25, 0.3) is 0 Å². The molecule has 0 amide bonds. The number of nitrogens with zero attached hydrogens (tertiary/aromatic N) is 2. The Morgan fingerprint density at radius 2 is 2.29 bits per heavy atom. The average molecular weight is 234 g/mol. The van der Waals surface area contributed by atoms with Crippen molar-refractivity contribution in [1.29, 1.82) is 0 Å². The quantitative estimate of drug-likeness (QED) is 0.800. The van der Waals surface area contributed by atoms with Crippen molar-refractivity contribution in [2.75, 3.05) is 13.1 Å². The van der Waals surface area contributed by atoms with E-state index in [4.69, 9.17) is 4.74 Å². The largest absolute Gasteiger partial charge is 0.475 e. The molecule has 94 valence electrons. The number of hydrogen-bond donors (Lipinski definition) is 0. The second kappa shape index (κ2) is 5.50. The van der Waals surface area contributed by atoms with Gasteiger partial charge in [-0.3, -0.25) is 4.90 Å². The second-order valence-electron chi connectivity index (χ2n) is 4.88. The number of likely N-dealkylation sites (tertiary alicyclic amines) is 1. The molecule has 2 heterocycles. The van der Waals surface area contributed by atoms with Crippen molar-refractivity contribution in [2.24, 2.45) is 0 Å². The molecule has 1 aromatic heterocycles.